The van der Waals surface area contributed by atoms with Crippen LogP contribution in [0.5, 0.6) is 0 Å². The molecule has 0 aliphatic carbocycles. The molecule has 0 spiro atoms. The molecule has 1 aromatic heterocycles. The molecule has 2 aliphatic rings. The van der Waals surface area contributed by atoms with Crippen LogP contribution in [0.3, 0.4) is 0 Å². The highest BCUT2D eigenvalue weighted by Crippen LogP contribution is 2.32. The fourth-order valence-corrected chi connectivity index (χ4v) is 5.17. The van der Waals surface area contributed by atoms with Crippen LogP contribution in [0, 0.1) is 12.8 Å². The maximum absolute atomic E-state index is 12.5. The van der Waals surface area contributed by atoms with Gasteiger partial charge in [-0.3, -0.25) is 9.59 Å². The number of carboxylic acids is 1. The molecule has 0 aromatic carbocycles. The van der Waals surface area contributed by atoms with Gasteiger partial charge in [-0.05, 0) is 38.7 Å². The van der Waals surface area contributed by atoms with Crippen LogP contribution in [0.2, 0.25) is 0 Å². The Bertz CT molecular complexity index is 1130. The van der Waals surface area contributed by atoms with Crippen molar-refractivity contribution in [2.24, 2.45) is 5.92 Å². The van der Waals surface area contributed by atoms with Crippen molar-refractivity contribution in [3.05, 3.63) is 47.7 Å². The van der Waals surface area contributed by atoms with Crippen molar-refractivity contribution in [2.75, 3.05) is 6.61 Å². The highest BCUT2D eigenvalue weighted by Gasteiger charge is 2.47. The number of hydrogen-bond acceptors (Lipinski definition) is 10. The van der Waals surface area contributed by atoms with Gasteiger partial charge >= 0.3 is 5.97 Å². The molecule has 9 atom stereocenters. The number of carboxylic acid groups (broad SMARTS) is 1. The molecule has 2 fully saturated rings. The summed E-state index contributed by atoms with van der Waals surface area (Å²) < 4.78 is 16.9. The SMILES string of the molecule is CC(/C=C/[C@H]1O[C@H](CC(=O)O)C[C@@](O)(CO)[C@@H]1O)=C\C[C@@H]1O[C@H](C)[C@H](NC(=O)/C=C\[C@H](C)c2noc(C)n2)C[C@@H]1C. The van der Waals surface area contributed by atoms with Gasteiger partial charge in [-0.25, -0.2) is 0 Å². The van der Waals surface area contributed by atoms with Crippen molar-refractivity contribution < 1.29 is 44.0 Å². The summed E-state index contributed by atoms with van der Waals surface area (Å²) in [6.07, 6.45) is 5.89. The normalized spacial score (nSPS) is 33.8. The summed E-state index contributed by atoms with van der Waals surface area (Å²) in [4.78, 5) is 27.8. The van der Waals surface area contributed by atoms with E-state index in [2.05, 4.69) is 22.4 Å². The lowest BCUT2D eigenvalue weighted by molar-refractivity contribution is -0.216. The lowest BCUT2D eigenvalue weighted by atomic mass is 9.83. The van der Waals surface area contributed by atoms with E-state index in [9.17, 15) is 24.9 Å². The van der Waals surface area contributed by atoms with Gasteiger partial charge in [0.25, 0.3) is 0 Å². The maximum atomic E-state index is 12.5. The summed E-state index contributed by atoms with van der Waals surface area (Å²) in [6, 6.07) is -0.139. The third-order valence-electron chi connectivity index (χ3n) is 7.72. The fraction of sp³-hybridized carbons (Fsp3) is 0.655. The van der Waals surface area contributed by atoms with Gasteiger partial charge in [0.15, 0.2) is 5.82 Å². The first-order valence-corrected chi connectivity index (χ1v) is 14.0. The number of aliphatic hydroxyl groups is 3. The molecule has 5 N–H and O–H groups in total. The molecule has 2 saturated heterocycles. The Hall–Kier alpha value is -2.90. The van der Waals surface area contributed by atoms with Gasteiger partial charge in [0, 0.05) is 19.3 Å². The third kappa shape index (κ3) is 9.04. The number of allylic oxidation sites excluding steroid dienone is 3. The Kier molecular flexibility index (Phi) is 11.4. The zero-order chi connectivity index (χ0) is 30.3. The number of carbonyl (C=O) groups excluding carboxylic acids is 1. The van der Waals surface area contributed by atoms with E-state index < -0.39 is 36.5 Å². The number of amides is 1. The molecule has 0 bridgehead atoms. The second kappa shape index (κ2) is 14.3. The number of aryl methyl sites for hydroxylation is 1. The molecule has 1 aromatic rings. The summed E-state index contributed by atoms with van der Waals surface area (Å²) in [5.41, 5.74) is -0.983. The van der Waals surface area contributed by atoms with Gasteiger partial charge in [-0.2, -0.15) is 4.98 Å². The Labute approximate surface area is 240 Å². The van der Waals surface area contributed by atoms with Gasteiger partial charge < -0.3 is 39.7 Å². The van der Waals surface area contributed by atoms with E-state index in [1.807, 2.05) is 26.8 Å². The zero-order valence-electron chi connectivity index (χ0n) is 24.3. The Balaban J connectivity index is 1.52. The molecule has 2 aliphatic heterocycles. The van der Waals surface area contributed by atoms with Gasteiger partial charge in [-0.1, -0.05) is 48.9 Å². The Morgan fingerprint density at radius 2 is 1.98 bits per heavy atom. The predicted molar refractivity (Wildman–Crippen MR) is 148 cm³/mol. The summed E-state index contributed by atoms with van der Waals surface area (Å²) in [7, 11) is 0. The van der Waals surface area contributed by atoms with E-state index in [1.165, 1.54) is 6.08 Å². The van der Waals surface area contributed by atoms with Gasteiger partial charge in [0.1, 0.15) is 17.8 Å². The highest BCUT2D eigenvalue weighted by atomic mass is 16.5. The van der Waals surface area contributed by atoms with Crippen LogP contribution in [-0.2, 0) is 19.1 Å². The Morgan fingerprint density at radius 1 is 1.24 bits per heavy atom. The summed E-state index contributed by atoms with van der Waals surface area (Å²) in [5, 5.41) is 46.7. The molecule has 0 radical (unpaired) electrons. The van der Waals surface area contributed by atoms with Crippen LogP contribution in [0.25, 0.3) is 0 Å². The average molecular weight is 578 g/mol. The summed E-state index contributed by atoms with van der Waals surface area (Å²) in [5.74, 6) is -0.298. The van der Waals surface area contributed by atoms with Crippen molar-refractivity contribution >= 4 is 11.9 Å². The van der Waals surface area contributed by atoms with Crippen LogP contribution < -0.4 is 5.32 Å². The first-order valence-electron chi connectivity index (χ1n) is 14.0. The Morgan fingerprint density at radius 3 is 2.61 bits per heavy atom. The van der Waals surface area contributed by atoms with Gasteiger partial charge in [0.2, 0.25) is 11.8 Å². The number of nitrogens with zero attached hydrogens (tertiary/aromatic N) is 2. The van der Waals surface area contributed by atoms with Crippen LogP contribution in [0.4, 0.5) is 0 Å². The van der Waals surface area contributed by atoms with Crippen LogP contribution in [0.1, 0.15) is 71.0 Å². The van der Waals surface area contributed by atoms with Crippen molar-refractivity contribution in [1.29, 1.82) is 0 Å². The minimum Gasteiger partial charge on any atom is -0.481 e. The molecule has 41 heavy (non-hydrogen) atoms. The number of aliphatic hydroxyl groups excluding tert-OH is 2. The number of nitrogens with one attached hydrogen (secondary N) is 1. The number of aliphatic carboxylic acids is 1. The quantitative estimate of drug-likeness (QED) is 0.191. The average Bonchev–Trinajstić information content (AvgIpc) is 3.35. The molecule has 1 amide bonds. The molecule has 3 heterocycles. The number of hydrogen-bond donors (Lipinski definition) is 5. The number of rotatable bonds is 11. The molecule has 12 nitrogen and oxygen atoms in total. The molecular formula is C29H43N3O9. The number of ether oxygens (including phenoxy) is 2. The van der Waals surface area contributed by atoms with E-state index in [4.69, 9.17) is 19.1 Å². The van der Waals surface area contributed by atoms with Gasteiger partial charge in [0.05, 0.1) is 37.4 Å². The van der Waals surface area contributed by atoms with E-state index in [0.29, 0.717) is 18.1 Å². The van der Waals surface area contributed by atoms with Crippen LogP contribution in [-0.4, -0.2) is 91.2 Å². The molecule has 0 saturated carbocycles. The highest BCUT2D eigenvalue weighted by molar-refractivity contribution is 5.87. The monoisotopic (exact) mass is 577 g/mol. The van der Waals surface area contributed by atoms with E-state index in [-0.39, 0.29) is 48.8 Å². The molecule has 12 heteroatoms. The van der Waals surface area contributed by atoms with Crippen molar-refractivity contribution in [1.82, 2.24) is 15.5 Å². The maximum Gasteiger partial charge on any atom is 0.305 e. The first-order chi connectivity index (χ1) is 19.3. The van der Waals surface area contributed by atoms with Crippen molar-refractivity contribution in [3.63, 3.8) is 0 Å². The largest absolute Gasteiger partial charge is 0.481 e. The molecule has 228 valence electrons. The summed E-state index contributed by atoms with van der Waals surface area (Å²) in [6.45, 7) is 8.78. The van der Waals surface area contributed by atoms with Gasteiger partial charge in [-0.15, -0.1) is 0 Å². The topological polar surface area (TPSA) is 184 Å². The van der Waals surface area contributed by atoms with Crippen molar-refractivity contribution in [3.8, 4) is 0 Å². The van der Waals surface area contributed by atoms with Crippen LogP contribution in [0.15, 0.2) is 40.5 Å². The molecule has 3 rings (SSSR count). The van der Waals surface area contributed by atoms with E-state index in [0.717, 1.165) is 12.0 Å². The fourth-order valence-electron chi connectivity index (χ4n) is 5.17. The number of carbonyl (C=O) groups is 2. The minimum atomic E-state index is -1.85. The minimum absolute atomic E-state index is 0.0607. The van der Waals surface area contributed by atoms with E-state index in [1.54, 1.807) is 25.2 Å². The van der Waals surface area contributed by atoms with E-state index >= 15 is 0 Å². The van der Waals surface area contributed by atoms with Crippen LogP contribution >= 0.6 is 0 Å². The lowest BCUT2D eigenvalue weighted by Gasteiger charge is -2.43. The number of aromatic nitrogens is 2. The predicted octanol–water partition coefficient (Wildman–Crippen LogP) is 1.95. The second-order valence-electron chi connectivity index (χ2n) is 11.3. The zero-order valence-corrected chi connectivity index (χ0v) is 24.3. The van der Waals surface area contributed by atoms with Crippen molar-refractivity contribution in [2.45, 2.75) is 108 Å². The standard InChI is InChI=1S/C29H43N3O9/c1-16(7-10-24-27(37)29(38,15-33)14-21(40-24)13-26(35)36)6-9-23-18(3)12-22(19(4)39-23)31-25(34)11-8-17(2)28-30-20(5)41-32-28/h6-8,10-11,17-19,21-24,27,33,37-38H,9,12-15H2,1-5H3,(H,31,34)(H,35,36)/b10-7+,11-8-,16-6+/t17-,18-,19+,21+,22+,23-,24+,27+,29+/m0/s1. The first kappa shape index (κ1) is 32.6. The summed E-state index contributed by atoms with van der Waals surface area (Å²) >= 11 is 0. The molecular weight excluding hydrogens is 534 g/mol. The molecule has 0 unspecified atom stereocenters. The lowest BCUT2D eigenvalue weighted by Crippen LogP contribution is -2.59. The third-order valence-corrected chi connectivity index (χ3v) is 7.72. The second-order valence-corrected chi connectivity index (χ2v) is 11.3. The smallest absolute Gasteiger partial charge is 0.305 e.